The van der Waals surface area contributed by atoms with E-state index in [2.05, 4.69) is 10.1 Å². The van der Waals surface area contributed by atoms with E-state index in [0.717, 1.165) is 0 Å². The fourth-order valence-electron chi connectivity index (χ4n) is 2.20. The number of nitrogens with zero attached hydrogens (tertiary/aromatic N) is 3. The molecule has 3 aromatic rings. The first kappa shape index (κ1) is 15.3. The zero-order chi connectivity index (χ0) is 16.4. The lowest BCUT2D eigenvalue weighted by molar-refractivity contribution is 0.392. The Balaban J connectivity index is 1.95. The van der Waals surface area contributed by atoms with Crippen LogP contribution in [0.1, 0.15) is 11.5 Å². The molecular formula is C15H15N3O4S. The molecule has 0 N–H and O–H groups in total. The van der Waals surface area contributed by atoms with E-state index in [1.165, 1.54) is 10.8 Å². The normalized spacial score (nSPS) is 11.6. The van der Waals surface area contributed by atoms with E-state index in [1.807, 2.05) is 0 Å². The van der Waals surface area contributed by atoms with E-state index in [1.54, 1.807) is 50.6 Å². The molecule has 0 aliphatic rings. The molecule has 2 heterocycles. The lowest BCUT2D eigenvalue weighted by Gasteiger charge is -2.08. The van der Waals surface area contributed by atoms with Gasteiger partial charge in [0, 0.05) is 24.1 Å². The number of aromatic nitrogens is 3. The Morgan fingerprint density at radius 3 is 2.61 bits per heavy atom. The highest BCUT2D eigenvalue weighted by molar-refractivity contribution is 7.90. The summed E-state index contributed by atoms with van der Waals surface area (Å²) in [4.78, 5) is 4.00. The maximum Gasteiger partial charge on any atom is 0.232 e. The minimum absolute atomic E-state index is 0.0386. The number of methoxy groups -OCH3 is 1. The molecular weight excluding hydrogens is 318 g/mol. The van der Waals surface area contributed by atoms with Crippen LogP contribution in [0.25, 0.3) is 5.69 Å². The van der Waals surface area contributed by atoms with E-state index >= 15 is 0 Å². The van der Waals surface area contributed by atoms with Crippen molar-refractivity contribution in [1.29, 1.82) is 0 Å². The fraction of sp³-hybridized carbons (Fsp3) is 0.200. The number of aryl methyl sites for hydroxylation is 1. The topological polar surface area (TPSA) is 87.2 Å². The van der Waals surface area contributed by atoms with Gasteiger partial charge in [0.25, 0.3) is 0 Å². The number of hydrogen-bond donors (Lipinski definition) is 0. The molecule has 0 aliphatic heterocycles. The first-order valence-electron chi connectivity index (χ1n) is 6.82. The van der Waals surface area contributed by atoms with E-state index in [4.69, 9.17) is 9.26 Å². The van der Waals surface area contributed by atoms with Crippen LogP contribution in [0.3, 0.4) is 0 Å². The summed E-state index contributed by atoms with van der Waals surface area (Å²) >= 11 is 0. The van der Waals surface area contributed by atoms with E-state index in [-0.39, 0.29) is 10.9 Å². The Hall–Kier alpha value is -2.61. The van der Waals surface area contributed by atoms with Crippen LogP contribution in [-0.4, -0.2) is 30.2 Å². The van der Waals surface area contributed by atoms with Crippen LogP contribution in [0.15, 0.2) is 52.4 Å². The molecule has 23 heavy (non-hydrogen) atoms. The second kappa shape index (κ2) is 5.88. The van der Waals surface area contributed by atoms with Crippen LogP contribution in [-0.2, 0) is 15.6 Å². The van der Waals surface area contributed by atoms with Gasteiger partial charge >= 0.3 is 0 Å². The van der Waals surface area contributed by atoms with Gasteiger partial charge in [0.05, 0.1) is 12.8 Å². The van der Waals surface area contributed by atoms with E-state index in [0.29, 0.717) is 22.9 Å². The SMILES string of the molecule is COc1ccc(-n2ccnc2S(=O)(=O)Cc2cc(C)on2)cc1. The van der Waals surface area contributed by atoms with Gasteiger partial charge in [0.2, 0.25) is 15.0 Å². The van der Waals surface area contributed by atoms with Crippen molar-refractivity contribution in [2.24, 2.45) is 0 Å². The summed E-state index contributed by atoms with van der Waals surface area (Å²) in [5, 5.41) is 3.69. The Morgan fingerprint density at radius 2 is 2.00 bits per heavy atom. The van der Waals surface area contributed by atoms with Crippen molar-refractivity contribution in [3.8, 4) is 11.4 Å². The second-order valence-corrected chi connectivity index (χ2v) is 6.85. The summed E-state index contributed by atoms with van der Waals surface area (Å²) in [6, 6.07) is 8.64. The van der Waals surface area contributed by atoms with Crippen molar-refractivity contribution >= 4 is 9.84 Å². The highest BCUT2D eigenvalue weighted by atomic mass is 32.2. The van der Waals surface area contributed by atoms with Crippen LogP contribution >= 0.6 is 0 Å². The summed E-state index contributed by atoms with van der Waals surface area (Å²) < 4.78 is 36.7. The van der Waals surface area contributed by atoms with E-state index < -0.39 is 9.84 Å². The summed E-state index contributed by atoms with van der Waals surface area (Å²) in [5.74, 6) is 0.988. The highest BCUT2D eigenvalue weighted by Crippen LogP contribution is 2.21. The molecule has 7 nitrogen and oxygen atoms in total. The highest BCUT2D eigenvalue weighted by Gasteiger charge is 2.23. The minimum Gasteiger partial charge on any atom is -0.497 e. The molecule has 0 atom stereocenters. The molecule has 2 aromatic heterocycles. The van der Waals surface area contributed by atoms with Crippen molar-refractivity contribution in [2.75, 3.05) is 7.11 Å². The maximum atomic E-state index is 12.6. The van der Waals surface area contributed by atoms with Crippen LogP contribution in [0, 0.1) is 6.92 Å². The van der Waals surface area contributed by atoms with Crippen LogP contribution in [0.2, 0.25) is 0 Å². The molecule has 0 fully saturated rings. The largest absolute Gasteiger partial charge is 0.497 e. The van der Waals surface area contributed by atoms with Crippen LogP contribution in [0.5, 0.6) is 5.75 Å². The fourth-order valence-corrected chi connectivity index (χ4v) is 3.55. The zero-order valence-corrected chi connectivity index (χ0v) is 13.4. The van der Waals surface area contributed by atoms with Gasteiger partial charge in [-0.05, 0) is 31.2 Å². The summed E-state index contributed by atoms with van der Waals surface area (Å²) in [6.45, 7) is 1.71. The predicted octanol–water partition coefficient (Wildman–Crippen LogP) is 2.15. The van der Waals surface area contributed by atoms with Crippen molar-refractivity contribution < 1.29 is 17.7 Å². The van der Waals surface area contributed by atoms with Crippen molar-refractivity contribution in [1.82, 2.24) is 14.7 Å². The number of benzene rings is 1. The van der Waals surface area contributed by atoms with Gasteiger partial charge in [0.15, 0.2) is 0 Å². The first-order chi connectivity index (χ1) is 11.0. The Morgan fingerprint density at radius 1 is 1.26 bits per heavy atom. The minimum atomic E-state index is -3.65. The maximum absolute atomic E-state index is 12.6. The predicted molar refractivity (Wildman–Crippen MR) is 82.2 cm³/mol. The number of hydrogen-bond acceptors (Lipinski definition) is 6. The number of imidazole rings is 1. The average molecular weight is 333 g/mol. The standard InChI is InChI=1S/C15H15N3O4S/c1-11-9-12(17-22-11)10-23(19,20)15-16-7-8-18(15)13-3-5-14(21-2)6-4-13/h3-9H,10H2,1-2H3. The number of ether oxygens (including phenoxy) is 1. The lowest BCUT2D eigenvalue weighted by atomic mass is 10.3. The molecule has 1 aromatic carbocycles. The molecule has 120 valence electrons. The van der Waals surface area contributed by atoms with Crippen molar-refractivity contribution in [2.45, 2.75) is 17.8 Å². The van der Waals surface area contributed by atoms with Crippen molar-refractivity contribution in [3.05, 3.63) is 54.2 Å². The quantitative estimate of drug-likeness (QED) is 0.711. The molecule has 0 saturated heterocycles. The average Bonchev–Trinajstić information content (AvgIpc) is 3.16. The van der Waals surface area contributed by atoms with Gasteiger partial charge < -0.3 is 9.26 Å². The third kappa shape index (κ3) is 3.11. The van der Waals surface area contributed by atoms with Crippen molar-refractivity contribution in [3.63, 3.8) is 0 Å². The molecule has 8 heteroatoms. The molecule has 0 aliphatic carbocycles. The van der Waals surface area contributed by atoms with Gasteiger partial charge in [-0.1, -0.05) is 5.16 Å². The second-order valence-electron chi connectivity index (χ2n) is 4.97. The Labute approximate surface area is 133 Å². The summed E-state index contributed by atoms with van der Waals surface area (Å²) in [5.41, 5.74) is 1.03. The van der Waals surface area contributed by atoms with Gasteiger partial charge in [-0.3, -0.25) is 4.57 Å². The lowest BCUT2D eigenvalue weighted by Crippen LogP contribution is -2.12. The third-order valence-electron chi connectivity index (χ3n) is 3.25. The molecule has 0 saturated carbocycles. The Bertz CT molecular complexity index is 910. The van der Waals surface area contributed by atoms with E-state index in [9.17, 15) is 8.42 Å². The third-order valence-corrected chi connectivity index (χ3v) is 4.78. The number of rotatable bonds is 5. The van der Waals surface area contributed by atoms with Crippen LogP contribution < -0.4 is 4.74 Å². The van der Waals surface area contributed by atoms with Gasteiger partial charge in [-0.25, -0.2) is 13.4 Å². The smallest absolute Gasteiger partial charge is 0.232 e. The summed E-state index contributed by atoms with van der Waals surface area (Å²) in [7, 11) is -2.08. The monoisotopic (exact) mass is 333 g/mol. The molecule has 0 unspecified atom stereocenters. The van der Waals surface area contributed by atoms with Gasteiger partial charge in [-0.2, -0.15) is 0 Å². The molecule has 0 bridgehead atoms. The zero-order valence-electron chi connectivity index (χ0n) is 12.6. The molecule has 0 radical (unpaired) electrons. The van der Waals surface area contributed by atoms with Crippen LogP contribution in [0.4, 0.5) is 0 Å². The van der Waals surface area contributed by atoms with Gasteiger partial charge in [0.1, 0.15) is 17.3 Å². The number of sulfone groups is 1. The first-order valence-corrected chi connectivity index (χ1v) is 8.47. The van der Waals surface area contributed by atoms with Gasteiger partial charge in [-0.15, -0.1) is 0 Å². The molecule has 0 spiro atoms. The Kier molecular flexibility index (Phi) is 3.91. The summed E-state index contributed by atoms with van der Waals surface area (Å²) in [6.07, 6.45) is 3.05. The molecule has 0 amide bonds. The molecule has 3 rings (SSSR count).